The SMILES string of the molecule is C/C=C\C/C=C\C/C=C\C/C=C\CCCCCCCCC(=O)O. The molecule has 130 valence electrons. The number of rotatable bonds is 15. The van der Waals surface area contributed by atoms with Gasteiger partial charge in [0.15, 0.2) is 0 Å². The van der Waals surface area contributed by atoms with Gasteiger partial charge in [0.1, 0.15) is 0 Å². The van der Waals surface area contributed by atoms with Gasteiger partial charge in [-0.3, -0.25) is 4.79 Å². The molecule has 0 aliphatic rings. The van der Waals surface area contributed by atoms with E-state index >= 15 is 0 Å². The second kappa shape index (κ2) is 18.5. The predicted octanol–water partition coefficient (Wildman–Crippen LogP) is 6.61. The Morgan fingerprint density at radius 1 is 0.696 bits per heavy atom. The molecule has 0 aromatic rings. The minimum atomic E-state index is -0.672. The first-order valence-electron chi connectivity index (χ1n) is 9.05. The fraction of sp³-hybridized carbons (Fsp3) is 0.571. The first-order chi connectivity index (χ1) is 11.3. The summed E-state index contributed by atoms with van der Waals surface area (Å²) in [7, 11) is 0. The summed E-state index contributed by atoms with van der Waals surface area (Å²) in [6, 6.07) is 0. The van der Waals surface area contributed by atoms with Crippen molar-refractivity contribution < 1.29 is 9.90 Å². The maximum absolute atomic E-state index is 10.4. The molecule has 0 aliphatic carbocycles. The number of carboxylic acid groups (broad SMARTS) is 1. The fourth-order valence-corrected chi connectivity index (χ4v) is 2.22. The zero-order valence-corrected chi connectivity index (χ0v) is 14.8. The number of allylic oxidation sites excluding steroid dienone is 8. The van der Waals surface area contributed by atoms with Crippen LogP contribution in [0.3, 0.4) is 0 Å². The molecule has 1 N–H and O–H groups in total. The zero-order valence-electron chi connectivity index (χ0n) is 14.8. The van der Waals surface area contributed by atoms with Gasteiger partial charge in [-0.25, -0.2) is 0 Å². The van der Waals surface area contributed by atoms with Gasteiger partial charge < -0.3 is 5.11 Å². The lowest BCUT2D eigenvalue weighted by atomic mass is 10.1. The van der Waals surface area contributed by atoms with Gasteiger partial charge in [-0.1, -0.05) is 74.3 Å². The molecule has 0 amide bonds. The van der Waals surface area contributed by atoms with Crippen molar-refractivity contribution in [2.24, 2.45) is 0 Å². The maximum Gasteiger partial charge on any atom is 0.303 e. The Morgan fingerprint density at radius 2 is 1.17 bits per heavy atom. The molecule has 0 bridgehead atoms. The average Bonchev–Trinajstić information content (AvgIpc) is 2.53. The zero-order chi connectivity index (χ0) is 17.0. The van der Waals surface area contributed by atoms with E-state index in [1.807, 2.05) is 6.92 Å². The number of hydrogen-bond donors (Lipinski definition) is 1. The number of carboxylic acids is 1. The largest absolute Gasteiger partial charge is 0.481 e. The van der Waals surface area contributed by atoms with Gasteiger partial charge in [0.2, 0.25) is 0 Å². The van der Waals surface area contributed by atoms with Gasteiger partial charge in [0.25, 0.3) is 0 Å². The van der Waals surface area contributed by atoms with Crippen molar-refractivity contribution in [2.75, 3.05) is 0 Å². The highest BCUT2D eigenvalue weighted by atomic mass is 16.4. The summed E-state index contributed by atoms with van der Waals surface area (Å²) in [5, 5.41) is 8.53. The summed E-state index contributed by atoms with van der Waals surface area (Å²) >= 11 is 0. The lowest BCUT2D eigenvalue weighted by molar-refractivity contribution is -0.137. The van der Waals surface area contributed by atoms with Crippen LogP contribution in [0.25, 0.3) is 0 Å². The average molecular weight is 319 g/mol. The van der Waals surface area contributed by atoms with Crippen molar-refractivity contribution >= 4 is 5.97 Å². The van der Waals surface area contributed by atoms with Crippen LogP contribution in [-0.2, 0) is 4.79 Å². The normalized spacial score (nSPS) is 12.4. The van der Waals surface area contributed by atoms with Crippen LogP contribution in [0.2, 0.25) is 0 Å². The Bertz CT molecular complexity index is 375. The quantitative estimate of drug-likeness (QED) is 0.272. The van der Waals surface area contributed by atoms with Crippen LogP contribution in [-0.4, -0.2) is 11.1 Å². The van der Waals surface area contributed by atoms with Gasteiger partial charge >= 0.3 is 5.97 Å². The third-order valence-electron chi connectivity index (χ3n) is 3.56. The van der Waals surface area contributed by atoms with Crippen molar-refractivity contribution in [1.82, 2.24) is 0 Å². The highest BCUT2D eigenvalue weighted by Crippen LogP contribution is 2.09. The monoisotopic (exact) mass is 318 g/mol. The van der Waals surface area contributed by atoms with E-state index in [1.54, 1.807) is 0 Å². The van der Waals surface area contributed by atoms with Crippen LogP contribution in [0.15, 0.2) is 48.6 Å². The molecule has 0 atom stereocenters. The number of carbonyl (C=O) groups is 1. The number of aliphatic carboxylic acids is 1. The maximum atomic E-state index is 10.4. The molecule has 0 heterocycles. The van der Waals surface area contributed by atoms with Crippen molar-refractivity contribution in [1.29, 1.82) is 0 Å². The second-order valence-electron chi connectivity index (χ2n) is 5.74. The Labute approximate surface area is 142 Å². The lowest BCUT2D eigenvalue weighted by Crippen LogP contribution is -1.93. The van der Waals surface area contributed by atoms with Crippen LogP contribution < -0.4 is 0 Å². The Balaban J connectivity index is 3.28. The second-order valence-corrected chi connectivity index (χ2v) is 5.74. The van der Waals surface area contributed by atoms with E-state index in [2.05, 4.69) is 48.6 Å². The smallest absolute Gasteiger partial charge is 0.303 e. The third-order valence-corrected chi connectivity index (χ3v) is 3.56. The van der Waals surface area contributed by atoms with Crippen LogP contribution in [0.1, 0.15) is 77.6 Å². The molecule has 0 spiro atoms. The first kappa shape index (κ1) is 21.4. The summed E-state index contributed by atoms with van der Waals surface area (Å²) in [5.41, 5.74) is 0. The van der Waals surface area contributed by atoms with Crippen molar-refractivity contribution in [3.63, 3.8) is 0 Å². The van der Waals surface area contributed by atoms with Crippen LogP contribution in [0, 0.1) is 0 Å². The topological polar surface area (TPSA) is 37.3 Å². The van der Waals surface area contributed by atoms with E-state index in [-0.39, 0.29) is 0 Å². The molecule has 0 rings (SSSR count). The number of hydrogen-bond acceptors (Lipinski definition) is 1. The molecular weight excluding hydrogens is 284 g/mol. The Morgan fingerprint density at radius 3 is 1.74 bits per heavy atom. The van der Waals surface area contributed by atoms with Crippen LogP contribution in [0.5, 0.6) is 0 Å². The summed E-state index contributed by atoms with van der Waals surface area (Å²) in [6.45, 7) is 2.04. The predicted molar refractivity (Wildman–Crippen MR) is 101 cm³/mol. The molecule has 2 nitrogen and oxygen atoms in total. The molecule has 0 fully saturated rings. The summed E-state index contributed by atoms with van der Waals surface area (Å²) < 4.78 is 0. The highest BCUT2D eigenvalue weighted by molar-refractivity contribution is 5.66. The summed E-state index contributed by atoms with van der Waals surface area (Å²) in [5.74, 6) is -0.672. The minimum Gasteiger partial charge on any atom is -0.481 e. The molecule has 0 saturated heterocycles. The van der Waals surface area contributed by atoms with Crippen molar-refractivity contribution in [3.8, 4) is 0 Å². The lowest BCUT2D eigenvalue weighted by Gasteiger charge is -1.99. The van der Waals surface area contributed by atoms with Gasteiger partial charge in [0.05, 0.1) is 0 Å². The Hall–Kier alpha value is -1.57. The van der Waals surface area contributed by atoms with Gasteiger partial charge in [-0.05, 0) is 45.4 Å². The molecule has 0 saturated carbocycles. The molecule has 2 heteroatoms. The molecular formula is C21H34O2. The molecule has 0 aromatic carbocycles. The van der Waals surface area contributed by atoms with Crippen LogP contribution in [0.4, 0.5) is 0 Å². The molecule has 0 aliphatic heterocycles. The Kier molecular flexibility index (Phi) is 17.2. The molecule has 23 heavy (non-hydrogen) atoms. The van der Waals surface area contributed by atoms with Gasteiger partial charge in [-0.15, -0.1) is 0 Å². The fourth-order valence-electron chi connectivity index (χ4n) is 2.22. The third kappa shape index (κ3) is 20.4. The minimum absolute atomic E-state index is 0.321. The van der Waals surface area contributed by atoms with Crippen molar-refractivity contribution in [3.05, 3.63) is 48.6 Å². The van der Waals surface area contributed by atoms with E-state index in [9.17, 15) is 4.79 Å². The van der Waals surface area contributed by atoms with Gasteiger partial charge in [0, 0.05) is 6.42 Å². The first-order valence-corrected chi connectivity index (χ1v) is 9.05. The van der Waals surface area contributed by atoms with E-state index in [0.29, 0.717) is 6.42 Å². The van der Waals surface area contributed by atoms with E-state index in [0.717, 1.165) is 38.5 Å². The standard InChI is InChI=1S/C21H34O2/c1-2-3-4-5-6-7-8-9-10-11-12-13-14-15-16-17-18-19-20-21(22)23/h2-3,5-6,8-9,11-12H,4,7,10,13-20H2,1H3,(H,22,23)/b3-2-,6-5-,9-8-,12-11-. The molecule has 0 aromatic heterocycles. The molecule has 0 radical (unpaired) electrons. The van der Waals surface area contributed by atoms with Gasteiger partial charge in [-0.2, -0.15) is 0 Å². The number of unbranched alkanes of at least 4 members (excludes halogenated alkanes) is 6. The summed E-state index contributed by atoms with van der Waals surface area (Å²) in [4.78, 5) is 10.4. The van der Waals surface area contributed by atoms with E-state index in [1.165, 1.54) is 25.7 Å². The van der Waals surface area contributed by atoms with Crippen LogP contribution >= 0.6 is 0 Å². The molecule has 0 unspecified atom stereocenters. The highest BCUT2D eigenvalue weighted by Gasteiger charge is 1.95. The summed E-state index contributed by atoms with van der Waals surface area (Å²) in [6.07, 6.45) is 28.9. The van der Waals surface area contributed by atoms with E-state index in [4.69, 9.17) is 5.11 Å². The van der Waals surface area contributed by atoms with E-state index < -0.39 is 5.97 Å². The van der Waals surface area contributed by atoms with Crippen molar-refractivity contribution in [2.45, 2.75) is 77.6 Å².